The van der Waals surface area contributed by atoms with Crippen LogP contribution in [0.25, 0.3) is 0 Å². The lowest BCUT2D eigenvalue weighted by Gasteiger charge is -2.22. The maximum Gasteiger partial charge on any atom is 0.0548 e. The highest BCUT2D eigenvalue weighted by Crippen LogP contribution is 2.39. The second-order valence-electron chi connectivity index (χ2n) is 5.86. The van der Waals surface area contributed by atoms with E-state index in [1.54, 1.807) is 11.8 Å². The summed E-state index contributed by atoms with van der Waals surface area (Å²) < 4.78 is 0. The Balaban J connectivity index is 2.28. The molecule has 0 aromatic heterocycles. The molecule has 0 heterocycles. The van der Waals surface area contributed by atoms with Gasteiger partial charge in [-0.15, -0.1) is 0 Å². The lowest BCUT2D eigenvalue weighted by Crippen LogP contribution is -2.35. The van der Waals surface area contributed by atoms with Gasteiger partial charge in [0.1, 0.15) is 0 Å². The van der Waals surface area contributed by atoms with Crippen LogP contribution in [0.5, 0.6) is 0 Å². The van der Waals surface area contributed by atoms with Crippen molar-refractivity contribution in [2.75, 3.05) is 0 Å². The van der Waals surface area contributed by atoms with Crippen molar-refractivity contribution >= 4 is 35.0 Å². The molecule has 21 heavy (non-hydrogen) atoms. The van der Waals surface area contributed by atoms with Gasteiger partial charge in [-0.1, -0.05) is 59.2 Å². The fourth-order valence-corrected chi connectivity index (χ4v) is 3.34. The maximum atomic E-state index is 6.39. The quantitative estimate of drug-likeness (QED) is 0.729. The monoisotopic (exact) mass is 339 g/mol. The zero-order valence-electron chi connectivity index (χ0n) is 12.4. The molecule has 0 amide bonds. The van der Waals surface area contributed by atoms with Crippen molar-refractivity contribution in [3.63, 3.8) is 0 Å². The third-order valence-corrected chi connectivity index (χ3v) is 5.04. The molecule has 0 saturated carbocycles. The number of rotatable bonds is 4. The lowest BCUT2D eigenvalue weighted by atomic mass is 10.1. The van der Waals surface area contributed by atoms with Gasteiger partial charge in [-0.2, -0.15) is 0 Å². The highest BCUT2D eigenvalue weighted by Gasteiger charge is 2.14. The summed E-state index contributed by atoms with van der Waals surface area (Å²) in [5, 5.41) is 5.01. The number of halogens is 2. The van der Waals surface area contributed by atoms with Gasteiger partial charge in [-0.05, 0) is 44.5 Å². The van der Waals surface area contributed by atoms with E-state index in [9.17, 15) is 0 Å². The van der Waals surface area contributed by atoms with E-state index in [4.69, 9.17) is 23.2 Å². The van der Waals surface area contributed by atoms with Crippen LogP contribution in [0.2, 0.25) is 10.0 Å². The molecule has 112 valence electrons. The summed E-state index contributed by atoms with van der Waals surface area (Å²) in [7, 11) is 0. The van der Waals surface area contributed by atoms with Crippen LogP contribution in [0.4, 0.5) is 0 Å². The Morgan fingerprint density at radius 1 is 0.952 bits per heavy atom. The Bertz CT molecular complexity index is 620. The molecule has 2 aromatic rings. The first-order valence-corrected chi connectivity index (χ1v) is 8.39. The van der Waals surface area contributed by atoms with Crippen LogP contribution in [0.1, 0.15) is 26.3 Å². The third-order valence-electron chi connectivity index (χ3n) is 2.91. The molecule has 4 heteroatoms. The van der Waals surface area contributed by atoms with Crippen molar-refractivity contribution in [3.8, 4) is 0 Å². The SMILES string of the molecule is CC(C)(C)NCc1cccc(Cl)c1Sc1ccccc1Cl. The number of nitrogens with one attached hydrogen (secondary N) is 1. The molecule has 1 nitrogen and oxygen atoms in total. The summed E-state index contributed by atoms with van der Waals surface area (Å²) in [4.78, 5) is 2.08. The van der Waals surface area contributed by atoms with Gasteiger partial charge in [0.05, 0.1) is 10.0 Å². The van der Waals surface area contributed by atoms with Crippen molar-refractivity contribution in [1.82, 2.24) is 5.32 Å². The molecule has 0 saturated heterocycles. The molecule has 0 unspecified atom stereocenters. The van der Waals surface area contributed by atoms with Gasteiger partial charge in [-0.25, -0.2) is 0 Å². The molecule has 0 aliphatic heterocycles. The van der Waals surface area contributed by atoms with Crippen LogP contribution in [0, 0.1) is 0 Å². The average molecular weight is 340 g/mol. The van der Waals surface area contributed by atoms with E-state index in [0.717, 1.165) is 26.4 Å². The number of hydrogen-bond donors (Lipinski definition) is 1. The van der Waals surface area contributed by atoms with Crippen molar-refractivity contribution in [2.24, 2.45) is 0 Å². The highest BCUT2D eigenvalue weighted by atomic mass is 35.5. The molecule has 0 spiro atoms. The molecular weight excluding hydrogens is 321 g/mol. The summed E-state index contributed by atoms with van der Waals surface area (Å²) in [5.74, 6) is 0. The molecule has 0 aliphatic rings. The molecule has 0 bridgehead atoms. The smallest absolute Gasteiger partial charge is 0.0548 e. The Morgan fingerprint density at radius 3 is 2.29 bits per heavy atom. The molecule has 0 fully saturated rings. The van der Waals surface area contributed by atoms with Gasteiger partial charge in [-0.3, -0.25) is 0 Å². The van der Waals surface area contributed by atoms with Gasteiger partial charge in [0.2, 0.25) is 0 Å². The summed E-state index contributed by atoms with van der Waals surface area (Å²) in [6, 6.07) is 13.8. The van der Waals surface area contributed by atoms with E-state index in [1.165, 1.54) is 5.56 Å². The van der Waals surface area contributed by atoms with Gasteiger partial charge >= 0.3 is 0 Å². The summed E-state index contributed by atoms with van der Waals surface area (Å²) >= 11 is 14.3. The second-order valence-corrected chi connectivity index (χ2v) is 7.73. The van der Waals surface area contributed by atoms with E-state index in [0.29, 0.717) is 0 Å². The highest BCUT2D eigenvalue weighted by molar-refractivity contribution is 7.99. The van der Waals surface area contributed by atoms with Gasteiger partial charge in [0, 0.05) is 21.9 Å². The van der Waals surface area contributed by atoms with Gasteiger partial charge in [0.25, 0.3) is 0 Å². The second kappa shape index (κ2) is 7.06. The molecule has 2 aromatic carbocycles. The van der Waals surface area contributed by atoms with Gasteiger partial charge in [0.15, 0.2) is 0 Å². The summed E-state index contributed by atoms with van der Waals surface area (Å²) in [6.45, 7) is 7.23. The molecule has 0 radical (unpaired) electrons. The fraction of sp³-hybridized carbons (Fsp3) is 0.294. The zero-order chi connectivity index (χ0) is 15.5. The minimum Gasteiger partial charge on any atom is -0.308 e. The van der Waals surface area contributed by atoms with E-state index in [1.807, 2.05) is 36.4 Å². The molecule has 1 N–H and O–H groups in total. The van der Waals surface area contributed by atoms with Crippen LogP contribution in [0.3, 0.4) is 0 Å². The van der Waals surface area contributed by atoms with E-state index in [2.05, 4.69) is 32.2 Å². The maximum absolute atomic E-state index is 6.39. The van der Waals surface area contributed by atoms with Crippen molar-refractivity contribution < 1.29 is 0 Å². The minimum atomic E-state index is 0.0641. The lowest BCUT2D eigenvalue weighted by molar-refractivity contribution is 0.422. The van der Waals surface area contributed by atoms with Crippen LogP contribution < -0.4 is 5.32 Å². The Labute approximate surface area is 141 Å². The topological polar surface area (TPSA) is 12.0 Å². The largest absolute Gasteiger partial charge is 0.308 e. The van der Waals surface area contributed by atoms with E-state index < -0.39 is 0 Å². The molecular formula is C17H19Cl2NS. The predicted molar refractivity (Wildman–Crippen MR) is 93.6 cm³/mol. The Morgan fingerprint density at radius 2 is 1.62 bits per heavy atom. The predicted octanol–water partition coefficient (Wildman–Crippen LogP) is 6.03. The van der Waals surface area contributed by atoms with Crippen molar-refractivity contribution in [2.45, 2.75) is 42.6 Å². The Hall–Kier alpha value is -0.670. The molecule has 2 rings (SSSR count). The van der Waals surface area contributed by atoms with Crippen LogP contribution in [0.15, 0.2) is 52.3 Å². The molecule has 0 atom stereocenters. The number of hydrogen-bond acceptors (Lipinski definition) is 2. The normalized spacial score (nSPS) is 11.7. The van der Waals surface area contributed by atoms with Crippen molar-refractivity contribution in [1.29, 1.82) is 0 Å². The zero-order valence-corrected chi connectivity index (χ0v) is 14.7. The van der Waals surface area contributed by atoms with E-state index >= 15 is 0 Å². The average Bonchev–Trinajstić information content (AvgIpc) is 2.41. The molecule has 0 aliphatic carbocycles. The number of benzene rings is 2. The van der Waals surface area contributed by atoms with Crippen LogP contribution >= 0.6 is 35.0 Å². The van der Waals surface area contributed by atoms with Crippen molar-refractivity contribution in [3.05, 3.63) is 58.1 Å². The van der Waals surface area contributed by atoms with Crippen LogP contribution in [-0.2, 0) is 6.54 Å². The van der Waals surface area contributed by atoms with E-state index in [-0.39, 0.29) is 5.54 Å². The fourth-order valence-electron chi connectivity index (χ4n) is 1.80. The first kappa shape index (κ1) is 16.7. The standard InChI is InChI=1S/C17H19Cl2NS/c1-17(2,3)20-11-12-7-6-9-14(19)16(12)21-15-10-5-4-8-13(15)18/h4-10,20H,11H2,1-3H3. The minimum absolute atomic E-state index is 0.0641. The first-order valence-electron chi connectivity index (χ1n) is 6.81. The third kappa shape index (κ3) is 4.93. The summed E-state index contributed by atoms with van der Waals surface area (Å²) in [5.41, 5.74) is 1.25. The first-order chi connectivity index (χ1) is 9.87. The van der Waals surface area contributed by atoms with Crippen LogP contribution in [-0.4, -0.2) is 5.54 Å². The Kier molecular flexibility index (Phi) is 5.61. The summed E-state index contributed by atoms with van der Waals surface area (Å²) in [6.07, 6.45) is 0. The van der Waals surface area contributed by atoms with Gasteiger partial charge < -0.3 is 5.32 Å².